The van der Waals surface area contributed by atoms with Crippen LogP contribution in [0.15, 0.2) is 0 Å². The maximum atomic E-state index is 11.9. The predicted molar refractivity (Wildman–Crippen MR) is 63.6 cm³/mol. The van der Waals surface area contributed by atoms with Gasteiger partial charge in [-0.25, -0.2) is 4.79 Å². The van der Waals surface area contributed by atoms with Gasteiger partial charge in [-0.1, -0.05) is 0 Å². The van der Waals surface area contributed by atoms with Gasteiger partial charge in [-0.15, -0.1) is 0 Å². The molecule has 2 heterocycles. The molecule has 94 valence electrons. The summed E-state index contributed by atoms with van der Waals surface area (Å²) in [7, 11) is 1.81. The molecule has 0 unspecified atom stereocenters. The Bertz CT molecular complexity index is 433. The van der Waals surface area contributed by atoms with E-state index in [-0.39, 0.29) is 6.09 Å². The summed E-state index contributed by atoms with van der Waals surface area (Å²) in [5, 5.41) is 10.0. The van der Waals surface area contributed by atoms with E-state index in [0.29, 0.717) is 13.1 Å². The van der Waals surface area contributed by atoms with Crippen molar-refractivity contribution in [1.82, 2.24) is 15.1 Å². The molecule has 1 aliphatic rings. The molecule has 0 aliphatic carbocycles. The molecule has 2 N–H and O–H groups in total. The maximum Gasteiger partial charge on any atom is 0.410 e. The Kier molecular flexibility index (Phi) is 2.73. The number of amides is 1. The molecule has 0 spiro atoms. The van der Waals surface area contributed by atoms with Gasteiger partial charge in [0.1, 0.15) is 5.60 Å². The van der Waals surface area contributed by atoms with Crippen molar-refractivity contribution in [2.75, 3.05) is 12.4 Å². The minimum Gasteiger partial charge on any atom is -0.444 e. The van der Waals surface area contributed by atoms with Crippen molar-refractivity contribution in [3.8, 4) is 0 Å². The first-order valence-corrected chi connectivity index (χ1v) is 5.62. The molecule has 17 heavy (non-hydrogen) atoms. The van der Waals surface area contributed by atoms with Crippen molar-refractivity contribution < 1.29 is 9.53 Å². The zero-order valence-corrected chi connectivity index (χ0v) is 10.6. The molecule has 0 bridgehead atoms. The average molecular weight is 238 g/mol. The number of rotatable bonds is 1. The van der Waals surface area contributed by atoms with E-state index in [4.69, 9.17) is 4.74 Å². The number of anilines is 1. The topological polar surface area (TPSA) is 70.2 Å². The van der Waals surface area contributed by atoms with Crippen LogP contribution < -0.4 is 5.32 Å². The minimum absolute atomic E-state index is 0.288. The van der Waals surface area contributed by atoms with Crippen molar-refractivity contribution in [3.05, 3.63) is 11.3 Å². The van der Waals surface area contributed by atoms with E-state index >= 15 is 0 Å². The normalized spacial score (nSPS) is 14.7. The molecule has 1 aromatic rings. The highest BCUT2D eigenvalue weighted by Crippen LogP contribution is 2.27. The molecule has 0 radical (unpaired) electrons. The van der Waals surface area contributed by atoms with E-state index in [2.05, 4.69) is 15.5 Å². The lowest BCUT2D eigenvalue weighted by Crippen LogP contribution is -2.33. The van der Waals surface area contributed by atoms with Gasteiger partial charge in [0.05, 0.1) is 18.8 Å². The van der Waals surface area contributed by atoms with Gasteiger partial charge in [-0.2, -0.15) is 5.10 Å². The van der Waals surface area contributed by atoms with Crippen LogP contribution in [0.3, 0.4) is 0 Å². The molecule has 2 rings (SSSR count). The van der Waals surface area contributed by atoms with Crippen LogP contribution in [0.2, 0.25) is 0 Å². The highest BCUT2D eigenvalue weighted by molar-refractivity contribution is 5.70. The van der Waals surface area contributed by atoms with E-state index in [0.717, 1.165) is 17.1 Å². The lowest BCUT2D eigenvalue weighted by atomic mass is 10.2. The maximum absolute atomic E-state index is 11.9. The van der Waals surface area contributed by atoms with E-state index in [1.807, 2.05) is 27.8 Å². The molecule has 6 heteroatoms. The van der Waals surface area contributed by atoms with Crippen LogP contribution in [0, 0.1) is 0 Å². The Morgan fingerprint density at radius 1 is 1.47 bits per heavy atom. The molecule has 1 amide bonds. The summed E-state index contributed by atoms with van der Waals surface area (Å²) < 4.78 is 5.33. The van der Waals surface area contributed by atoms with Crippen molar-refractivity contribution in [2.45, 2.75) is 39.5 Å². The number of carbonyl (C=O) groups is 1. The van der Waals surface area contributed by atoms with E-state index in [1.165, 1.54) is 0 Å². The predicted octanol–water partition coefficient (Wildman–Crippen LogP) is 1.70. The molecule has 1 aromatic heterocycles. The Hall–Kier alpha value is -1.72. The third kappa shape index (κ3) is 2.35. The highest BCUT2D eigenvalue weighted by Gasteiger charge is 2.30. The Morgan fingerprint density at radius 2 is 2.18 bits per heavy atom. The van der Waals surface area contributed by atoms with Crippen LogP contribution in [0.1, 0.15) is 32.0 Å². The quantitative estimate of drug-likeness (QED) is 0.781. The van der Waals surface area contributed by atoms with Gasteiger partial charge in [0.2, 0.25) is 0 Å². The van der Waals surface area contributed by atoms with Crippen LogP contribution in [0.25, 0.3) is 0 Å². The first kappa shape index (κ1) is 11.8. The SMILES string of the molecule is CNc1n[nH]c2c1CN(C(=O)OC(C)(C)C)C2. The smallest absolute Gasteiger partial charge is 0.410 e. The molecule has 0 saturated heterocycles. The number of aromatic amines is 1. The molecule has 0 aromatic carbocycles. The number of fused-ring (bicyclic) bond motifs is 1. The van der Waals surface area contributed by atoms with E-state index in [9.17, 15) is 4.79 Å². The Labute approximate surface area is 100 Å². The second kappa shape index (κ2) is 3.94. The lowest BCUT2D eigenvalue weighted by molar-refractivity contribution is 0.0240. The Morgan fingerprint density at radius 3 is 2.76 bits per heavy atom. The van der Waals surface area contributed by atoms with Crippen LogP contribution in [-0.4, -0.2) is 33.8 Å². The van der Waals surface area contributed by atoms with Crippen LogP contribution in [-0.2, 0) is 17.8 Å². The molecule has 1 aliphatic heterocycles. The highest BCUT2D eigenvalue weighted by atomic mass is 16.6. The number of carbonyl (C=O) groups excluding carboxylic acids is 1. The number of hydrogen-bond donors (Lipinski definition) is 2. The van der Waals surface area contributed by atoms with Gasteiger partial charge in [-0.3, -0.25) is 10.00 Å². The van der Waals surface area contributed by atoms with Gasteiger partial charge >= 0.3 is 6.09 Å². The largest absolute Gasteiger partial charge is 0.444 e. The van der Waals surface area contributed by atoms with Crippen LogP contribution in [0.5, 0.6) is 0 Å². The monoisotopic (exact) mass is 238 g/mol. The fourth-order valence-corrected chi connectivity index (χ4v) is 1.80. The molecular weight excluding hydrogens is 220 g/mol. The van der Waals surface area contributed by atoms with Gasteiger partial charge in [0.25, 0.3) is 0 Å². The van der Waals surface area contributed by atoms with E-state index in [1.54, 1.807) is 4.90 Å². The van der Waals surface area contributed by atoms with Gasteiger partial charge in [0.15, 0.2) is 5.82 Å². The Balaban J connectivity index is 2.05. The summed E-state index contributed by atoms with van der Waals surface area (Å²) >= 11 is 0. The molecule has 0 saturated carbocycles. The summed E-state index contributed by atoms with van der Waals surface area (Å²) in [4.78, 5) is 13.5. The molecule has 0 atom stereocenters. The third-order valence-electron chi connectivity index (χ3n) is 2.54. The van der Waals surface area contributed by atoms with Crippen molar-refractivity contribution in [2.24, 2.45) is 0 Å². The first-order chi connectivity index (χ1) is 7.90. The zero-order chi connectivity index (χ0) is 12.6. The fraction of sp³-hybridized carbons (Fsp3) is 0.636. The summed E-state index contributed by atoms with van der Waals surface area (Å²) in [5.74, 6) is 0.797. The van der Waals surface area contributed by atoms with E-state index < -0.39 is 5.60 Å². The molecular formula is C11H18N4O2. The fourth-order valence-electron chi connectivity index (χ4n) is 1.80. The van der Waals surface area contributed by atoms with Gasteiger partial charge < -0.3 is 10.1 Å². The second-order valence-corrected chi connectivity index (χ2v) is 5.12. The lowest BCUT2D eigenvalue weighted by Gasteiger charge is -2.24. The number of hydrogen-bond acceptors (Lipinski definition) is 4. The first-order valence-electron chi connectivity index (χ1n) is 5.62. The molecule has 0 fully saturated rings. The standard InChI is InChI=1S/C11H18N4O2/c1-11(2,3)17-10(16)15-5-7-8(6-15)13-14-9(7)12-4/h5-6H2,1-4H3,(H2,12,13,14). The van der Waals surface area contributed by atoms with Crippen LogP contribution in [0.4, 0.5) is 10.6 Å². The van der Waals surface area contributed by atoms with Crippen molar-refractivity contribution in [1.29, 1.82) is 0 Å². The number of nitrogens with zero attached hydrogens (tertiary/aromatic N) is 2. The summed E-state index contributed by atoms with van der Waals surface area (Å²) in [6.45, 7) is 6.65. The van der Waals surface area contributed by atoms with Gasteiger partial charge in [0, 0.05) is 12.6 Å². The second-order valence-electron chi connectivity index (χ2n) is 5.12. The van der Waals surface area contributed by atoms with Crippen molar-refractivity contribution >= 4 is 11.9 Å². The molecule has 6 nitrogen and oxygen atoms in total. The third-order valence-corrected chi connectivity index (χ3v) is 2.54. The van der Waals surface area contributed by atoms with Gasteiger partial charge in [-0.05, 0) is 20.8 Å². The zero-order valence-electron chi connectivity index (χ0n) is 10.6. The summed E-state index contributed by atoms with van der Waals surface area (Å²) in [6, 6.07) is 0. The summed E-state index contributed by atoms with van der Waals surface area (Å²) in [6.07, 6.45) is -0.288. The summed E-state index contributed by atoms with van der Waals surface area (Å²) in [5.41, 5.74) is 1.55. The van der Waals surface area contributed by atoms with Crippen LogP contribution >= 0.6 is 0 Å². The number of nitrogens with one attached hydrogen (secondary N) is 2. The minimum atomic E-state index is -0.461. The van der Waals surface area contributed by atoms with Crippen molar-refractivity contribution in [3.63, 3.8) is 0 Å². The number of ether oxygens (including phenoxy) is 1. The number of aromatic nitrogens is 2. The number of H-pyrrole nitrogens is 1. The average Bonchev–Trinajstić information content (AvgIpc) is 2.72.